The van der Waals surface area contributed by atoms with Gasteiger partial charge in [-0.1, -0.05) is 31.0 Å². The Morgan fingerprint density at radius 3 is 2.44 bits per heavy atom. The van der Waals surface area contributed by atoms with E-state index in [4.69, 9.17) is 9.05 Å². The summed E-state index contributed by atoms with van der Waals surface area (Å²) in [7, 11) is -3.96. The molecule has 88 valence electrons. The number of phosphoric ester groups is 1. The molecule has 1 unspecified atom stereocenters. The van der Waals surface area contributed by atoms with Crippen LogP contribution >= 0.6 is 7.82 Å². The topological polar surface area (TPSA) is 55.8 Å². The lowest BCUT2D eigenvalue weighted by atomic mass is 10.3. The fourth-order valence-electron chi connectivity index (χ4n) is 1.82. The van der Waals surface area contributed by atoms with E-state index in [0.717, 1.165) is 25.7 Å². The van der Waals surface area contributed by atoms with Crippen LogP contribution in [0.3, 0.4) is 0 Å². The summed E-state index contributed by atoms with van der Waals surface area (Å²) in [5, 5.41) is 0. The van der Waals surface area contributed by atoms with Gasteiger partial charge in [0.05, 0.1) is 6.10 Å². The molecule has 0 bridgehead atoms. The summed E-state index contributed by atoms with van der Waals surface area (Å²) in [6.45, 7) is 0. The minimum Gasteiger partial charge on any atom is -0.404 e. The second-order valence-electron chi connectivity index (χ2n) is 3.88. The normalized spacial score (nSPS) is 20.6. The Kier molecular flexibility index (Phi) is 3.64. The highest BCUT2D eigenvalue weighted by Gasteiger charge is 2.29. The first-order valence-corrected chi connectivity index (χ1v) is 6.91. The molecule has 0 aromatic heterocycles. The summed E-state index contributed by atoms with van der Waals surface area (Å²) in [6, 6.07) is 8.55. The lowest BCUT2D eigenvalue weighted by Crippen LogP contribution is -2.08. The molecule has 1 aliphatic carbocycles. The van der Waals surface area contributed by atoms with Crippen LogP contribution in [-0.2, 0) is 9.09 Å². The first-order valence-electron chi connectivity index (χ1n) is 5.41. The minimum atomic E-state index is -3.96. The Labute approximate surface area is 94.8 Å². The summed E-state index contributed by atoms with van der Waals surface area (Å²) in [4.78, 5) is 9.54. The Morgan fingerprint density at radius 2 is 1.81 bits per heavy atom. The molecule has 1 N–H and O–H groups in total. The van der Waals surface area contributed by atoms with Gasteiger partial charge in [-0.05, 0) is 25.0 Å². The molecule has 0 radical (unpaired) electrons. The molecule has 1 fully saturated rings. The van der Waals surface area contributed by atoms with Crippen LogP contribution in [0.2, 0.25) is 0 Å². The molecular weight excluding hydrogens is 227 g/mol. The predicted molar refractivity (Wildman–Crippen MR) is 60.2 cm³/mol. The summed E-state index contributed by atoms with van der Waals surface area (Å²) in [5.41, 5.74) is 0. The van der Waals surface area contributed by atoms with E-state index in [1.165, 1.54) is 0 Å². The maximum absolute atomic E-state index is 11.7. The van der Waals surface area contributed by atoms with Gasteiger partial charge in [0.25, 0.3) is 0 Å². The number of benzene rings is 1. The van der Waals surface area contributed by atoms with Crippen molar-refractivity contribution in [3.05, 3.63) is 30.3 Å². The summed E-state index contributed by atoms with van der Waals surface area (Å²) in [5.74, 6) is 0.353. The molecule has 4 nitrogen and oxygen atoms in total. The average Bonchev–Trinajstić information content (AvgIpc) is 2.70. The van der Waals surface area contributed by atoms with Crippen molar-refractivity contribution in [2.45, 2.75) is 31.8 Å². The van der Waals surface area contributed by atoms with Gasteiger partial charge in [0.15, 0.2) is 0 Å². The van der Waals surface area contributed by atoms with Crippen LogP contribution in [0.25, 0.3) is 0 Å². The van der Waals surface area contributed by atoms with E-state index in [1.54, 1.807) is 24.3 Å². The summed E-state index contributed by atoms with van der Waals surface area (Å²) >= 11 is 0. The maximum atomic E-state index is 11.7. The minimum absolute atomic E-state index is 0.139. The van der Waals surface area contributed by atoms with Crippen molar-refractivity contribution in [2.24, 2.45) is 0 Å². The van der Waals surface area contributed by atoms with Gasteiger partial charge >= 0.3 is 7.82 Å². The second kappa shape index (κ2) is 5.00. The molecule has 16 heavy (non-hydrogen) atoms. The fourth-order valence-corrected chi connectivity index (χ4v) is 2.84. The highest BCUT2D eigenvalue weighted by Crippen LogP contribution is 2.47. The number of hydrogen-bond donors (Lipinski definition) is 1. The van der Waals surface area contributed by atoms with E-state index in [2.05, 4.69) is 0 Å². The zero-order valence-corrected chi connectivity index (χ0v) is 9.81. The Hall–Kier alpha value is -0.830. The molecule has 5 heteroatoms. The Bertz CT molecular complexity index is 373. The van der Waals surface area contributed by atoms with Crippen LogP contribution in [0.4, 0.5) is 0 Å². The highest BCUT2D eigenvalue weighted by molar-refractivity contribution is 7.47. The van der Waals surface area contributed by atoms with Gasteiger partial charge < -0.3 is 4.52 Å². The standard InChI is InChI=1S/C11H15O4P/c12-16(13,15-11-8-4-5-9-11)14-10-6-2-1-3-7-10/h1-3,6-7,11H,4-5,8-9H2,(H,12,13). The van der Waals surface area contributed by atoms with Crippen LogP contribution < -0.4 is 4.52 Å². The quantitative estimate of drug-likeness (QED) is 0.824. The van der Waals surface area contributed by atoms with E-state index in [9.17, 15) is 9.46 Å². The molecule has 0 amide bonds. The van der Waals surface area contributed by atoms with Crippen molar-refractivity contribution in [3.8, 4) is 5.75 Å². The molecule has 1 aliphatic rings. The molecule has 0 saturated heterocycles. The fraction of sp³-hybridized carbons (Fsp3) is 0.455. The number of phosphoric acid groups is 1. The van der Waals surface area contributed by atoms with Crippen LogP contribution in [0.15, 0.2) is 30.3 Å². The third kappa shape index (κ3) is 3.34. The first kappa shape index (κ1) is 11.6. The first-order chi connectivity index (χ1) is 7.66. The van der Waals surface area contributed by atoms with Gasteiger partial charge in [0, 0.05) is 0 Å². The molecule has 0 aliphatic heterocycles. The summed E-state index contributed by atoms with van der Waals surface area (Å²) < 4.78 is 21.7. The molecule has 0 heterocycles. The van der Waals surface area contributed by atoms with Crippen molar-refractivity contribution in [2.75, 3.05) is 0 Å². The molecule has 1 aromatic carbocycles. The molecular formula is C11H15O4P. The highest BCUT2D eigenvalue weighted by atomic mass is 31.2. The van der Waals surface area contributed by atoms with E-state index in [1.807, 2.05) is 6.07 Å². The smallest absolute Gasteiger partial charge is 0.404 e. The van der Waals surface area contributed by atoms with E-state index >= 15 is 0 Å². The number of rotatable bonds is 4. The van der Waals surface area contributed by atoms with Gasteiger partial charge in [-0.3, -0.25) is 9.42 Å². The lowest BCUT2D eigenvalue weighted by molar-refractivity contribution is 0.142. The predicted octanol–water partition coefficient (Wildman–Crippen LogP) is 3.13. The molecule has 1 saturated carbocycles. The molecule has 2 rings (SSSR count). The SMILES string of the molecule is O=P(O)(Oc1ccccc1)OC1CCCC1. The Morgan fingerprint density at radius 1 is 1.19 bits per heavy atom. The van der Waals surface area contributed by atoms with Crippen LogP contribution in [0, 0.1) is 0 Å². The zero-order valence-electron chi connectivity index (χ0n) is 8.91. The van der Waals surface area contributed by atoms with E-state index in [-0.39, 0.29) is 6.10 Å². The van der Waals surface area contributed by atoms with Crippen molar-refractivity contribution in [1.82, 2.24) is 0 Å². The van der Waals surface area contributed by atoms with Crippen LogP contribution in [-0.4, -0.2) is 11.0 Å². The molecule has 1 atom stereocenters. The largest absolute Gasteiger partial charge is 0.527 e. The van der Waals surface area contributed by atoms with Gasteiger partial charge in [-0.2, -0.15) is 0 Å². The second-order valence-corrected chi connectivity index (χ2v) is 5.22. The van der Waals surface area contributed by atoms with E-state index < -0.39 is 7.82 Å². The number of hydrogen-bond acceptors (Lipinski definition) is 3. The average molecular weight is 242 g/mol. The van der Waals surface area contributed by atoms with Crippen molar-refractivity contribution >= 4 is 7.82 Å². The Balaban J connectivity index is 1.94. The lowest BCUT2D eigenvalue weighted by Gasteiger charge is -2.16. The third-order valence-corrected chi connectivity index (χ3v) is 3.55. The van der Waals surface area contributed by atoms with Crippen LogP contribution in [0.1, 0.15) is 25.7 Å². The van der Waals surface area contributed by atoms with Crippen molar-refractivity contribution in [3.63, 3.8) is 0 Å². The molecule has 1 aromatic rings. The summed E-state index contributed by atoms with van der Waals surface area (Å²) in [6.07, 6.45) is 3.64. The van der Waals surface area contributed by atoms with Crippen molar-refractivity contribution in [1.29, 1.82) is 0 Å². The zero-order chi connectivity index (χ0) is 11.4. The van der Waals surface area contributed by atoms with Crippen molar-refractivity contribution < 1.29 is 18.5 Å². The van der Waals surface area contributed by atoms with Gasteiger partial charge in [0.2, 0.25) is 0 Å². The monoisotopic (exact) mass is 242 g/mol. The molecule has 0 spiro atoms. The van der Waals surface area contributed by atoms with Gasteiger partial charge in [-0.15, -0.1) is 0 Å². The van der Waals surface area contributed by atoms with Crippen LogP contribution in [0.5, 0.6) is 5.75 Å². The number of para-hydroxylation sites is 1. The van der Waals surface area contributed by atoms with Gasteiger partial charge in [0.1, 0.15) is 5.75 Å². The van der Waals surface area contributed by atoms with Gasteiger partial charge in [-0.25, -0.2) is 4.57 Å². The maximum Gasteiger partial charge on any atom is 0.527 e. The third-order valence-electron chi connectivity index (χ3n) is 2.55. The van der Waals surface area contributed by atoms with E-state index in [0.29, 0.717) is 5.75 Å².